The van der Waals surface area contributed by atoms with E-state index < -0.39 is 0 Å². The fourth-order valence-electron chi connectivity index (χ4n) is 1.87. The van der Waals surface area contributed by atoms with Gasteiger partial charge < -0.3 is 10.5 Å². The molecule has 1 aromatic carbocycles. The van der Waals surface area contributed by atoms with E-state index in [1.54, 1.807) is 17.5 Å². The third-order valence-electron chi connectivity index (χ3n) is 2.79. The quantitative estimate of drug-likeness (QED) is 0.733. The number of aromatic nitrogens is 1. The van der Waals surface area contributed by atoms with Gasteiger partial charge in [0.05, 0.1) is 5.39 Å². The summed E-state index contributed by atoms with van der Waals surface area (Å²) in [5.74, 6) is 7.44. The molecular formula is C16H12N2OS. The van der Waals surface area contributed by atoms with Crippen LogP contribution < -0.4 is 10.5 Å². The molecule has 0 saturated heterocycles. The number of thiophene rings is 1. The highest BCUT2D eigenvalue weighted by atomic mass is 32.1. The molecule has 3 rings (SSSR count). The van der Waals surface area contributed by atoms with Gasteiger partial charge in [0, 0.05) is 21.8 Å². The number of pyridine rings is 1. The van der Waals surface area contributed by atoms with E-state index in [0.717, 1.165) is 21.4 Å². The molecule has 0 saturated carbocycles. The van der Waals surface area contributed by atoms with Gasteiger partial charge in [0.1, 0.15) is 18.2 Å². The third kappa shape index (κ3) is 2.58. The van der Waals surface area contributed by atoms with Gasteiger partial charge in [-0.3, -0.25) is 0 Å². The zero-order chi connectivity index (χ0) is 13.8. The normalized spacial score (nSPS) is 10.0. The predicted molar refractivity (Wildman–Crippen MR) is 82.8 cm³/mol. The van der Waals surface area contributed by atoms with E-state index in [2.05, 4.69) is 16.8 Å². The first-order chi connectivity index (χ1) is 9.84. The van der Waals surface area contributed by atoms with Crippen molar-refractivity contribution < 1.29 is 4.74 Å². The Kier molecular flexibility index (Phi) is 3.53. The van der Waals surface area contributed by atoms with E-state index in [9.17, 15) is 0 Å². The first-order valence-corrected chi connectivity index (χ1v) is 7.01. The summed E-state index contributed by atoms with van der Waals surface area (Å²) in [5, 5.41) is 2.93. The molecule has 2 N–H and O–H groups in total. The maximum Gasteiger partial charge on any atom is 0.149 e. The topological polar surface area (TPSA) is 48.1 Å². The zero-order valence-corrected chi connectivity index (χ0v) is 11.5. The van der Waals surface area contributed by atoms with Crippen LogP contribution in [0.1, 0.15) is 5.56 Å². The van der Waals surface area contributed by atoms with Gasteiger partial charge in [0.25, 0.3) is 0 Å². The molecular weight excluding hydrogens is 268 g/mol. The summed E-state index contributed by atoms with van der Waals surface area (Å²) in [6, 6.07) is 11.6. The van der Waals surface area contributed by atoms with Crippen LogP contribution in [0.4, 0.5) is 5.82 Å². The Bertz CT molecular complexity index is 784. The minimum atomic E-state index is 0.349. The molecule has 0 bridgehead atoms. The van der Waals surface area contributed by atoms with Gasteiger partial charge >= 0.3 is 0 Å². The smallest absolute Gasteiger partial charge is 0.149 e. The minimum absolute atomic E-state index is 0.349. The lowest BCUT2D eigenvalue weighted by Crippen LogP contribution is -1.93. The number of nitrogens with zero attached hydrogens (tertiary/aromatic N) is 1. The number of benzene rings is 1. The molecule has 4 heteroatoms. The molecule has 0 atom stereocenters. The lowest BCUT2D eigenvalue weighted by molar-refractivity contribution is 0.370. The Morgan fingerprint density at radius 3 is 2.90 bits per heavy atom. The van der Waals surface area contributed by atoms with Crippen LogP contribution in [0.2, 0.25) is 0 Å². The molecule has 0 spiro atoms. The number of hydrogen-bond acceptors (Lipinski definition) is 4. The van der Waals surface area contributed by atoms with Crippen LogP contribution in [-0.4, -0.2) is 11.6 Å². The second kappa shape index (κ2) is 5.64. The third-order valence-corrected chi connectivity index (χ3v) is 3.74. The maximum absolute atomic E-state index is 5.89. The summed E-state index contributed by atoms with van der Waals surface area (Å²) in [6.07, 6.45) is 1.71. The van der Waals surface area contributed by atoms with E-state index in [1.165, 1.54) is 0 Å². The molecule has 0 amide bonds. The lowest BCUT2D eigenvalue weighted by Gasteiger charge is -1.99. The van der Waals surface area contributed by atoms with Gasteiger partial charge in [0.2, 0.25) is 0 Å². The number of nitrogens with two attached hydrogens (primary N) is 1. The SMILES string of the molecule is Nc1nccc2scc(C#CCOc3ccccc3)c12. The highest BCUT2D eigenvalue weighted by Gasteiger charge is 2.05. The second-order valence-corrected chi connectivity index (χ2v) is 5.03. The molecule has 98 valence electrons. The fraction of sp³-hybridized carbons (Fsp3) is 0.0625. The summed E-state index contributed by atoms with van der Waals surface area (Å²) in [6.45, 7) is 0.349. The largest absolute Gasteiger partial charge is 0.481 e. The molecule has 0 aliphatic heterocycles. The summed E-state index contributed by atoms with van der Waals surface area (Å²) in [5.41, 5.74) is 6.80. The molecule has 0 aliphatic carbocycles. The number of hydrogen-bond donors (Lipinski definition) is 1. The van der Waals surface area contributed by atoms with E-state index in [1.807, 2.05) is 41.8 Å². The van der Waals surface area contributed by atoms with Crippen molar-refractivity contribution in [3.05, 3.63) is 53.5 Å². The van der Waals surface area contributed by atoms with Crippen LogP contribution in [-0.2, 0) is 0 Å². The Morgan fingerprint density at radius 2 is 2.05 bits per heavy atom. The minimum Gasteiger partial charge on any atom is -0.481 e. The number of para-hydroxylation sites is 1. The van der Waals surface area contributed by atoms with Gasteiger partial charge in [0.15, 0.2) is 0 Å². The van der Waals surface area contributed by atoms with Crippen LogP contribution in [0.3, 0.4) is 0 Å². The number of rotatable bonds is 2. The van der Waals surface area contributed by atoms with Gasteiger partial charge in [-0.1, -0.05) is 30.0 Å². The van der Waals surface area contributed by atoms with Crippen molar-refractivity contribution in [1.82, 2.24) is 4.98 Å². The number of nitrogen functional groups attached to an aromatic ring is 1. The molecule has 2 heterocycles. The van der Waals surface area contributed by atoms with Crippen molar-refractivity contribution in [3.63, 3.8) is 0 Å². The molecule has 0 fully saturated rings. The van der Waals surface area contributed by atoms with Crippen LogP contribution in [0.25, 0.3) is 10.1 Å². The second-order valence-electron chi connectivity index (χ2n) is 4.12. The number of fused-ring (bicyclic) bond motifs is 1. The van der Waals surface area contributed by atoms with Gasteiger partial charge in [-0.05, 0) is 18.2 Å². The molecule has 20 heavy (non-hydrogen) atoms. The van der Waals surface area contributed by atoms with Crippen LogP contribution in [0.15, 0.2) is 48.0 Å². The highest BCUT2D eigenvalue weighted by Crippen LogP contribution is 2.28. The maximum atomic E-state index is 5.89. The highest BCUT2D eigenvalue weighted by molar-refractivity contribution is 7.17. The van der Waals surface area contributed by atoms with E-state index in [0.29, 0.717) is 12.4 Å². The molecule has 0 radical (unpaired) electrons. The summed E-state index contributed by atoms with van der Waals surface area (Å²) in [4.78, 5) is 4.10. The van der Waals surface area contributed by atoms with E-state index in [-0.39, 0.29) is 0 Å². The standard InChI is InChI=1S/C16H12N2OS/c17-16-15-12(11-20-14(15)8-9-18-16)5-4-10-19-13-6-2-1-3-7-13/h1-3,6-9,11H,10H2,(H2,17,18). The average Bonchev–Trinajstić information content (AvgIpc) is 2.89. The molecule has 0 aliphatic rings. The Labute approximate surface area is 121 Å². The summed E-state index contributed by atoms with van der Waals surface area (Å²) >= 11 is 1.62. The van der Waals surface area contributed by atoms with Crippen molar-refractivity contribution >= 4 is 27.2 Å². The van der Waals surface area contributed by atoms with Crippen molar-refractivity contribution in [1.29, 1.82) is 0 Å². The number of anilines is 1. The fourth-order valence-corrected chi connectivity index (χ4v) is 2.76. The lowest BCUT2D eigenvalue weighted by atomic mass is 10.2. The van der Waals surface area contributed by atoms with E-state index in [4.69, 9.17) is 10.5 Å². The molecule has 3 nitrogen and oxygen atoms in total. The molecule has 2 aromatic heterocycles. The first-order valence-electron chi connectivity index (χ1n) is 6.13. The van der Waals surface area contributed by atoms with Crippen LogP contribution in [0.5, 0.6) is 5.75 Å². The van der Waals surface area contributed by atoms with Gasteiger partial charge in [-0.15, -0.1) is 11.3 Å². The summed E-state index contributed by atoms with van der Waals surface area (Å²) < 4.78 is 6.63. The van der Waals surface area contributed by atoms with Crippen molar-refractivity contribution in [2.24, 2.45) is 0 Å². The average molecular weight is 280 g/mol. The zero-order valence-electron chi connectivity index (χ0n) is 10.7. The predicted octanol–water partition coefficient (Wildman–Crippen LogP) is 3.31. The Balaban J connectivity index is 1.76. The van der Waals surface area contributed by atoms with Crippen LogP contribution >= 0.6 is 11.3 Å². The Morgan fingerprint density at radius 1 is 1.20 bits per heavy atom. The van der Waals surface area contributed by atoms with Gasteiger partial charge in [-0.25, -0.2) is 4.98 Å². The molecule has 3 aromatic rings. The Hall–Kier alpha value is -2.51. The number of ether oxygens (including phenoxy) is 1. The van der Waals surface area contributed by atoms with Crippen LogP contribution in [0, 0.1) is 11.8 Å². The monoisotopic (exact) mass is 280 g/mol. The first kappa shape index (κ1) is 12.5. The van der Waals surface area contributed by atoms with Crippen molar-refractivity contribution in [2.75, 3.05) is 12.3 Å². The van der Waals surface area contributed by atoms with Crippen molar-refractivity contribution in [3.8, 4) is 17.6 Å². The molecule has 0 unspecified atom stereocenters. The summed E-state index contributed by atoms with van der Waals surface area (Å²) in [7, 11) is 0. The van der Waals surface area contributed by atoms with Gasteiger partial charge in [-0.2, -0.15) is 0 Å². The van der Waals surface area contributed by atoms with E-state index >= 15 is 0 Å². The van der Waals surface area contributed by atoms with Crippen molar-refractivity contribution in [2.45, 2.75) is 0 Å².